The number of hydrogen-bond donors (Lipinski definition) is 1. The van der Waals surface area contributed by atoms with Gasteiger partial charge in [-0.15, -0.1) is 0 Å². The minimum atomic E-state index is -0.360. The molecule has 26 heavy (non-hydrogen) atoms. The number of hydrogen-bond acceptors (Lipinski definition) is 7. The summed E-state index contributed by atoms with van der Waals surface area (Å²) in [5.41, 5.74) is 2.04. The lowest BCUT2D eigenvalue weighted by molar-refractivity contribution is 0.0970. The topological polar surface area (TPSA) is 88.4 Å². The van der Waals surface area contributed by atoms with E-state index in [-0.39, 0.29) is 11.8 Å². The summed E-state index contributed by atoms with van der Waals surface area (Å²) in [5.74, 6) is 1.47. The second-order valence-corrected chi connectivity index (χ2v) is 5.67. The van der Waals surface area contributed by atoms with E-state index in [1.54, 1.807) is 12.1 Å². The van der Waals surface area contributed by atoms with E-state index in [4.69, 9.17) is 9.47 Å². The molecule has 1 aromatic carbocycles. The molecule has 4 rings (SSSR count). The number of rotatable bonds is 3. The van der Waals surface area contributed by atoms with Crippen molar-refractivity contribution in [3.8, 4) is 11.8 Å². The second-order valence-electron chi connectivity index (χ2n) is 5.67. The van der Waals surface area contributed by atoms with Crippen molar-refractivity contribution in [3.63, 3.8) is 0 Å². The summed E-state index contributed by atoms with van der Waals surface area (Å²) in [6.45, 7) is 1.33. The van der Waals surface area contributed by atoms with Crippen molar-refractivity contribution < 1.29 is 14.3 Å². The minimum absolute atomic E-state index is 0.189. The van der Waals surface area contributed by atoms with Crippen molar-refractivity contribution >= 4 is 23.4 Å². The van der Waals surface area contributed by atoms with Gasteiger partial charge in [-0.2, -0.15) is 4.98 Å². The fourth-order valence-electron chi connectivity index (χ4n) is 2.95. The Labute approximate surface area is 150 Å². The summed E-state index contributed by atoms with van der Waals surface area (Å²) < 4.78 is 10.3. The first-order valence-corrected chi connectivity index (χ1v) is 8.11. The third-order valence-electron chi connectivity index (χ3n) is 4.17. The first kappa shape index (κ1) is 16.1. The number of amidine groups is 1. The molecule has 2 aliphatic rings. The summed E-state index contributed by atoms with van der Waals surface area (Å²) >= 11 is 0. The maximum absolute atomic E-state index is 12.8. The number of aliphatic imine (C=N–C) groups is 2. The van der Waals surface area contributed by atoms with Gasteiger partial charge in [0.1, 0.15) is 11.4 Å². The SMILES string of the molecule is COc1ccc(C(=O)NC2=Nc3ccccc3C3=NCCN23)c(OC)n1. The zero-order valence-electron chi connectivity index (χ0n) is 14.4. The number of carbonyl (C=O) groups excluding carboxylic acids is 1. The first-order valence-electron chi connectivity index (χ1n) is 8.11. The van der Waals surface area contributed by atoms with Crippen LogP contribution in [0.25, 0.3) is 0 Å². The summed E-state index contributed by atoms with van der Waals surface area (Å²) in [5, 5.41) is 2.86. The van der Waals surface area contributed by atoms with Gasteiger partial charge in [0.05, 0.1) is 26.5 Å². The lowest BCUT2D eigenvalue weighted by atomic mass is 10.1. The lowest BCUT2D eigenvalue weighted by Gasteiger charge is -2.27. The lowest BCUT2D eigenvalue weighted by Crippen LogP contribution is -2.47. The Hall–Kier alpha value is -3.42. The van der Waals surface area contributed by atoms with Gasteiger partial charge < -0.3 is 9.47 Å². The molecule has 1 amide bonds. The van der Waals surface area contributed by atoms with Gasteiger partial charge in [-0.3, -0.25) is 20.0 Å². The molecule has 0 unspecified atom stereocenters. The van der Waals surface area contributed by atoms with Crippen molar-refractivity contribution in [2.45, 2.75) is 0 Å². The van der Waals surface area contributed by atoms with Gasteiger partial charge in [0.25, 0.3) is 5.91 Å². The smallest absolute Gasteiger partial charge is 0.263 e. The molecule has 0 atom stereocenters. The van der Waals surface area contributed by atoms with E-state index in [9.17, 15) is 4.79 Å². The van der Waals surface area contributed by atoms with Crippen LogP contribution in [0, 0.1) is 0 Å². The molecule has 0 fully saturated rings. The first-order chi connectivity index (χ1) is 12.7. The molecule has 0 bridgehead atoms. The molecule has 1 N–H and O–H groups in total. The molecule has 2 aliphatic heterocycles. The van der Waals surface area contributed by atoms with Crippen LogP contribution in [0.3, 0.4) is 0 Å². The van der Waals surface area contributed by atoms with Crippen LogP contribution in [-0.4, -0.2) is 54.9 Å². The fraction of sp³-hybridized carbons (Fsp3) is 0.222. The largest absolute Gasteiger partial charge is 0.481 e. The molecular formula is C18H17N5O3. The van der Waals surface area contributed by atoms with E-state index < -0.39 is 0 Å². The normalized spacial score (nSPS) is 14.8. The molecule has 0 saturated carbocycles. The monoisotopic (exact) mass is 351 g/mol. The standard InChI is InChI=1S/C18H17N5O3/c1-25-14-8-7-12(17(21-14)26-2)16(24)22-18-20-13-6-4-3-5-11(13)15-19-9-10-23(15)18/h3-8H,9-10H2,1-2H3,(H,20,22,24). The molecule has 0 saturated heterocycles. The summed E-state index contributed by atoms with van der Waals surface area (Å²) in [6.07, 6.45) is 0. The molecule has 132 valence electrons. The van der Waals surface area contributed by atoms with Crippen LogP contribution in [0.15, 0.2) is 46.4 Å². The van der Waals surface area contributed by atoms with Crippen LogP contribution in [0.4, 0.5) is 5.69 Å². The van der Waals surface area contributed by atoms with E-state index in [2.05, 4.69) is 20.3 Å². The molecule has 0 aliphatic carbocycles. The average molecular weight is 351 g/mol. The van der Waals surface area contributed by atoms with Crippen LogP contribution in [0.2, 0.25) is 0 Å². The Morgan fingerprint density at radius 3 is 2.81 bits per heavy atom. The van der Waals surface area contributed by atoms with E-state index >= 15 is 0 Å². The quantitative estimate of drug-likeness (QED) is 0.907. The highest BCUT2D eigenvalue weighted by Crippen LogP contribution is 2.28. The van der Waals surface area contributed by atoms with Crippen LogP contribution in [0.1, 0.15) is 15.9 Å². The highest BCUT2D eigenvalue weighted by Gasteiger charge is 2.30. The van der Waals surface area contributed by atoms with Crippen molar-refractivity contribution in [2.75, 3.05) is 27.3 Å². The Morgan fingerprint density at radius 1 is 1.15 bits per heavy atom. The average Bonchev–Trinajstić information content (AvgIpc) is 3.18. The van der Waals surface area contributed by atoms with Crippen LogP contribution >= 0.6 is 0 Å². The van der Waals surface area contributed by atoms with Gasteiger partial charge in [-0.25, -0.2) is 4.99 Å². The van der Waals surface area contributed by atoms with E-state index in [1.165, 1.54) is 14.2 Å². The van der Waals surface area contributed by atoms with Crippen molar-refractivity contribution in [1.29, 1.82) is 0 Å². The zero-order valence-corrected chi connectivity index (χ0v) is 14.4. The van der Waals surface area contributed by atoms with Crippen LogP contribution < -0.4 is 14.8 Å². The molecule has 8 heteroatoms. The number of pyridine rings is 1. The molecular weight excluding hydrogens is 334 g/mol. The maximum Gasteiger partial charge on any atom is 0.263 e. The number of nitrogens with zero attached hydrogens (tertiary/aromatic N) is 4. The van der Waals surface area contributed by atoms with Gasteiger partial charge in [0, 0.05) is 18.2 Å². The molecule has 2 aromatic rings. The van der Waals surface area contributed by atoms with Gasteiger partial charge >= 0.3 is 0 Å². The van der Waals surface area contributed by atoms with Gasteiger partial charge in [0.15, 0.2) is 0 Å². The summed E-state index contributed by atoms with van der Waals surface area (Å²) in [6, 6.07) is 10.9. The predicted molar refractivity (Wildman–Crippen MR) is 96.5 cm³/mol. The number of fused-ring (bicyclic) bond motifs is 3. The zero-order chi connectivity index (χ0) is 18.1. The number of methoxy groups -OCH3 is 2. The predicted octanol–water partition coefficient (Wildman–Crippen LogP) is 1.59. The molecule has 0 spiro atoms. The Balaban J connectivity index is 1.66. The number of carbonyl (C=O) groups is 1. The second kappa shape index (κ2) is 6.47. The third kappa shape index (κ3) is 2.65. The highest BCUT2D eigenvalue weighted by molar-refractivity contribution is 6.19. The highest BCUT2D eigenvalue weighted by atomic mass is 16.5. The van der Waals surface area contributed by atoms with Crippen LogP contribution in [0.5, 0.6) is 11.8 Å². The van der Waals surface area contributed by atoms with Crippen molar-refractivity contribution in [2.24, 2.45) is 9.98 Å². The fourth-order valence-corrected chi connectivity index (χ4v) is 2.95. The number of amides is 1. The molecule has 3 heterocycles. The van der Waals surface area contributed by atoms with Crippen molar-refractivity contribution in [1.82, 2.24) is 15.2 Å². The third-order valence-corrected chi connectivity index (χ3v) is 4.17. The van der Waals surface area contributed by atoms with Crippen LogP contribution in [-0.2, 0) is 0 Å². The number of aromatic nitrogens is 1. The van der Waals surface area contributed by atoms with Gasteiger partial charge in [0.2, 0.25) is 17.7 Å². The van der Waals surface area contributed by atoms with Crippen molar-refractivity contribution in [3.05, 3.63) is 47.5 Å². The Kier molecular flexibility index (Phi) is 4.00. The maximum atomic E-state index is 12.8. The number of guanidine groups is 1. The number of benzene rings is 1. The molecule has 8 nitrogen and oxygen atoms in total. The Bertz CT molecular complexity index is 938. The number of nitrogens with one attached hydrogen (secondary N) is 1. The number of para-hydroxylation sites is 1. The summed E-state index contributed by atoms with van der Waals surface area (Å²) in [4.78, 5) is 28.0. The number of ether oxygens (including phenoxy) is 2. The Morgan fingerprint density at radius 2 is 2.00 bits per heavy atom. The molecule has 1 aromatic heterocycles. The van der Waals surface area contributed by atoms with E-state index in [0.29, 0.717) is 30.5 Å². The van der Waals surface area contributed by atoms with E-state index in [0.717, 1.165) is 17.1 Å². The van der Waals surface area contributed by atoms with E-state index in [1.807, 2.05) is 29.2 Å². The van der Waals surface area contributed by atoms with Gasteiger partial charge in [-0.05, 0) is 18.2 Å². The molecule has 0 radical (unpaired) electrons. The minimum Gasteiger partial charge on any atom is -0.481 e. The van der Waals surface area contributed by atoms with Gasteiger partial charge in [-0.1, -0.05) is 12.1 Å². The summed E-state index contributed by atoms with van der Waals surface area (Å²) in [7, 11) is 2.96.